The van der Waals surface area contributed by atoms with Crippen molar-refractivity contribution in [3.63, 3.8) is 0 Å². The molecule has 0 radical (unpaired) electrons. The van der Waals surface area contributed by atoms with Gasteiger partial charge in [0.1, 0.15) is 6.61 Å². The molecule has 0 spiro atoms. The maximum atomic E-state index is 11.8. The molecule has 0 unspecified atom stereocenters. The number of halogens is 2. The van der Waals surface area contributed by atoms with Crippen molar-refractivity contribution in [2.24, 2.45) is 0 Å². The van der Waals surface area contributed by atoms with Crippen LogP contribution in [0.15, 0.2) is 42.5 Å². The summed E-state index contributed by atoms with van der Waals surface area (Å²) in [5.41, 5.74) is 7.76. The third-order valence-electron chi connectivity index (χ3n) is 2.72. The molecule has 0 saturated heterocycles. The largest absolute Gasteiger partial charge is 0.460 e. The number of nitrogen functional groups attached to an aromatic ring is 1. The van der Waals surface area contributed by atoms with E-state index < -0.39 is 0 Å². The van der Waals surface area contributed by atoms with E-state index in [0.29, 0.717) is 21.3 Å². The van der Waals surface area contributed by atoms with Gasteiger partial charge in [-0.05, 0) is 23.8 Å². The van der Waals surface area contributed by atoms with Gasteiger partial charge in [0.05, 0.1) is 16.5 Å². The molecule has 3 nitrogen and oxygen atoms in total. The molecule has 104 valence electrons. The molecule has 2 N–H and O–H groups in total. The highest BCUT2D eigenvalue weighted by Crippen LogP contribution is 2.26. The average molecular weight is 310 g/mol. The summed E-state index contributed by atoms with van der Waals surface area (Å²) < 4.78 is 5.18. The van der Waals surface area contributed by atoms with Crippen LogP contribution in [0.1, 0.15) is 11.1 Å². The quantitative estimate of drug-likeness (QED) is 0.689. The molecule has 0 aliphatic carbocycles. The van der Waals surface area contributed by atoms with Gasteiger partial charge in [-0.3, -0.25) is 4.79 Å². The molecule has 2 aromatic rings. The summed E-state index contributed by atoms with van der Waals surface area (Å²) >= 11 is 11.9. The number of hydrogen-bond acceptors (Lipinski definition) is 3. The van der Waals surface area contributed by atoms with Crippen molar-refractivity contribution >= 4 is 34.9 Å². The van der Waals surface area contributed by atoms with E-state index in [1.165, 1.54) is 0 Å². The van der Waals surface area contributed by atoms with Gasteiger partial charge < -0.3 is 10.5 Å². The molecule has 0 aromatic heterocycles. The number of rotatable bonds is 4. The monoisotopic (exact) mass is 309 g/mol. The van der Waals surface area contributed by atoms with Crippen molar-refractivity contribution in [2.45, 2.75) is 13.0 Å². The molecule has 0 aliphatic rings. The Morgan fingerprint density at radius 3 is 2.65 bits per heavy atom. The van der Waals surface area contributed by atoms with Crippen LogP contribution in [-0.4, -0.2) is 5.97 Å². The van der Waals surface area contributed by atoms with Crippen LogP contribution in [0.2, 0.25) is 10.0 Å². The molecule has 2 aromatic carbocycles. The second kappa shape index (κ2) is 6.64. The fourth-order valence-corrected chi connectivity index (χ4v) is 2.11. The van der Waals surface area contributed by atoms with Gasteiger partial charge in [-0.2, -0.15) is 0 Å². The highest BCUT2D eigenvalue weighted by Gasteiger charge is 2.09. The SMILES string of the molecule is Nc1cccc(CC(=O)OCc2cccc(Cl)c2Cl)c1. The summed E-state index contributed by atoms with van der Waals surface area (Å²) in [5, 5.41) is 0.849. The molecule has 0 amide bonds. The van der Waals surface area contributed by atoms with E-state index in [9.17, 15) is 4.79 Å². The Labute approximate surface area is 127 Å². The van der Waals surface area contributed by atoms with Gasteiger partial charge in [0.15, 0.2) is 0 Å². The number of benzene rings is 2. The molecule has 0 atom stereocenters. The van der Waals surface area contributed by atoms with Gasteiger partial charge in [0.25, 0.3) is 0 Å². The van der Waals surface area contributed by atoms with Gasteiger partial charge in [-0.25, -0.2) is 0 Å². The maximum Gasteiger partial charge on any atom is 0.310 e. The molecule has 2 rings (SSSR count). The molecule has 0 heterocycles. The minimum absolute atomic E-state index is 0.0978. The van der Waals surface area contributed by atoms with Gasteiger partial charge >= 0.3 is 5.97 Å². The summed E-state index contributed by atoms with van der Waals surface area (Å²) in [6.45, 7) is 0.0978. The third-order valence-corrected chi connectivity index (χ3v) is 3.58. The first-order valence-corrected chi connectivity index (χ1v) is 6.75. The molecule has 0 bridgehead atoms. The summed E-state index contributed by atoms with van der Waals surface area (Å²) in [5.74, 6) is -0.341. The first kappa shape index (κ1) is 14.7. The van der Waals surface area contributed by atoms with E-state index in [2.05, 4.69) is 0 Å². The standard InChI is InChI=1S/C15H13Cl2NO2/c16-13-6-2-4-11(15(13)17)9-20-14(19)8-10-3-1-5-12(18)7-10/h1-7H,8-9,18H2. The lowest BCUT2D eigenvalue weighted by atomic mass is 10.1. The highest BCUT2D eigenvalue weighted by molar-refractivity contribution is 6.42. The fraction of sp³-hybridized carbons (Fsp3) is 0.133. The van der Waals surface area contributed by atoms with Crippen LogP contribution in [-0.2, 0) is 22.6 Å². The van der Waals surface area contributed by atoms with Crippen molar-refractivity contribution in [3.8, 4) is 0 Å². The Hall–Kier alpha value is -1.71. The zero-order valence-electron chi connectivity index (χ0n) is 10.6. The first-order valence-electron chi connectivity index (χ1n) is 5.99. The predicted molar refractivity (Wildman–Crippen MR) is 80.8 cm³/mol. The summed E-state index contributed by atoms with van der Waals surface area (Å²) in [4.78, 5) is 11.8. The van der Waals surface area contributed by atoms with E-state index in [1.807, 2.05) is 6.07 Å². The van der Waals surface area contributed by atoms with Gasteiger partial charge in [0, 0.05) is 11.3 Å². The number of ether oxygens (including phenoxy) is 1. The van der Waals surface area contributed by atoms with E-state index in [1.54, 1.807) is 36.4 Å². The van der Waals surface area contributed by atoms with Crippen LogP contribution >= 0.6 is 23.2 Å². The molecule has 0 fully saturated rings. The number of hydrogen-bond donors (Lipinski definition) is 1. The first-order chi connectivity index (χ1) is 9.56. The second-order valence-electron chi connectivity index (χ2n) is 4.30. The average Bonchev–Trinajstić information content (AvgIpc) is 2.40. The lowest BCUT2D eigenvalue weighted by Gasteiger charge is -2.08. The fourth-order valence-electron chi connectivity index (χ4n) is 1.74. The molecule has 5 heteroatoms. The van der Waals surface area contributed by atoms with Crippen molar-refractivity contribution < 1.29 is 9.53 Å². The van der Waals surface area contributed by atoms with Crippen LogP contribution in [0, 0.1) is 0 Å². The molecule has 0 aliphatic heterocycles. The highest BCUT2D eigenvalue weighted by atomic mass is 35.5. The Morgan fingerprint density at radius 1 is 1.15 bits per heavy atom. The lowest BCUT2D eigenvalue weighted by molar-refractivity contribution is -0.144. The Morgan fingerprint density at radius 2 is 1.90 bits per heavy atom. The topological polar surface area (TPSA) is 52.3 Å². The van der Waals surface area contributed by atoms with Crippen LogP contribution in [0.25, 0.3) is 0 Å². The summed E-state index contributed by atoms with van der Waals surface area (Å²) in [6, 6.07) is 12.3. The third kappa shape index (κ3) is 3.89. The minimum atomic E-state index is -0.341. The van der Waals surface area contributed by atoms with Crippen molar-refractivity contribution in [1.82, 2.24) is 0 Å². The van der Waals surface area contributed by atoms with Gasteiger partial charge in [-0.1, -0.05) is 47.5 Å². The number of carbonyl (C=O) groups is 1. The molecule has 0 saturated carbocycles. The second-order valence-corrected chi connectivity index (χ2v) is 5.08. The summed E-state index contributed by atoms with van der Waals surface area (Å²) in [7, 11) is 0. The molecular formula is C15H13Cl2NO2. The zero-order chi connectivity index (χ0) is 14.5. The van der Waals surface area contributed by atoms with Gasteiger partial charge in [0.2, 0.25) is 0 Å². The lowest BCUT2D eigenvalue weighted by Crippen LogP contribution is -2.08. The van der Waals surface area contributed by atoms with Crippen LogP contribution in [0.5, 0.6) is 0 Å². The van der Waals surface area contributed by atoms with Crippen LogP contribution < -0.4 is 5.73 Å². The number of nitrogens with two attached hydrogens (primary N) is 1. The summed E-state index contributed by atoms with van der Waals surface area (Å²) in [6.07, 6.45) is 0.170. The van der Waals surface area contributed by atoms with Crippen molar-refractivity contribution in [2.75, 3.05) is 5.73 Å². The van der Waals surface area contributed by atoms with E-state index in [-0.39, 0.29) is 19.0 Å². The van der Waals surface area contributed by atoms with Crippen molar-refractivity contribution in [1.29, 1.82) is 0 Å². The molecule has 20 heavy (non-hydrogen) atoms. The Bertz CT molecular complexity index is 629. The normalized spacial score (nSPS) is 10.3. The number of carbonyl (C=O) groups excluding carboxylic acids is 1. The molecular weight excluding hydrogens is 297 g/mol. The zero-order valence-corrected chi connectivity index (χ0v) is 12.1. The van der Waals surface area contributed by atoms with Gasteiger partial charge in [-0.15, -0.1) is 0 Å². The van der Waals surface area contributed by atoms with Crippen LogP contribution in [0.3, 0.4) is 0 Å². The smallest absolute Gasteiger partial charge is 0.310 e. The number of anilines is 1. The van der Waals surface area contributed by atoms with E-state index >= 15 is 0 Å². The van der Waals surface area contributed by atoms with E-state index in [0.717, 1.165) is 5.56 Å². The van der Waals surface area contributed by atoms with Crippen LogP contribution in [0.4, 0.5) is 5.69 Å². The maximum absolute atomic E-state index is 11.8. The minimum Gasteiger partial charge on any atom is -0.460 e. The predicted octanol–water partition coefficient (Wildman–Crippen LogP) is 3.86. The van der Waals surface area contributed by atoms with Crippen molar-refractivity contribution in [3.05, 3.63) is 63.6 Å². The van der Waals surface area contributed by atoms with E-state index in [4.69, 9.17) is 33.7 Å². The number of esters is 1. The Kier molecular flexibility index (Phi) is 4.88. The Balaban J connectivity index is 1.94.